The van der Waals surface area contributed by atoms with Crippen LogP contribution in [-0.4, -0.2) is 6.54 Å². The summed E-state index contributed by atoms with van der Waals surface area (Å²) < 4.78 is 12.4. The smallest absolute Gasteiger partial charge is 0.123 e. The van der Waals surface area contributed by atoms with E-state index in [0.29, 0.717) is 0 Å². The molecule has 0 atom stereocenters. The standard InChI is InChI=1S/C10H12FN/c11-10-6-4-9(5-7-10)3-1-2-8-12/h4-7H,1-3,8H2. The van der Waals surface area contributed by atoms with Gasteiger partial charge in [0.15, 0.2) is 0 Å². The van der Waals surface area contributed by atoms with Gasteiger partial charge in [-0.05, 0) is 37.0 Å². The highest BCUT2D eigenvalue weighted by atomic mass is 19.1. The van der Waals surface area contributed by atoms with Crippen LogP contribution in [0.2, 0.25) is 0 Å². The second kappa shape index (κ2) is 4.88. The fourth-order valence-electron chi connectivity index (χ4n) is 1.09. The van der Waals surface area contributed by atoms with E-state index in [9.17, 15) is 4.39 Å². The lowest BCUT2D eigenvalue weighted by atomic mass is 10.1. The van der Waals surface area contributed by atoms with Crippen molar-refractivity contribution in [3.8, 4) is 0 Å². The molecular weight excluding hydrogens is 153 g/mol. The van der Waals surface area contributed by atoms with Gasteiger partial charge in [-0.15, -0.1) is 5.73 Å². The molecule has 0 aromatic heterocycles. The maximum atomic E-state index is 12.4. The van der Waals surface area contributed by atoms with Gasteiger partial charge in [0, 0.05) is 6.54 Å². The van der Waals surface area contributed by atoms with Gasteiger partial charge in [0.05, 0.1) is 0 Å². The summed E-state index contributed by atoms with van der Waals surface area (Å²) in [5.74, 6) is -0.194. The third kappa shape index (κ3) is 3.01. The van der Waals surface area contributed by atoms with Crippen LogP contribution < -0.4 is 5.73 Å². The predicted molar refractivity (Wildman–Crippen MR) is 46.3 cm³/mol. The minimum Gasteiger partial charge on any atom is -0.207 e. The van der Waals surface area contributed by atoms with Crippen molar-refractivity contribution >= 4 is 0 Å². The fraction of sp³-hybridized carbons (Fsp3) is 0.400. The molecule has 1 aromatic carbocycles. The summed E-state index contributed by atoms with van der Waals surface area (Å²) in [6, 6.07) is 6.50. The van der Waals surface area contributed by atoms with E-state index in [1.807, 2.05) is 0 Å². The van der Waals surface area contributed by atoms with Crippen molar-refractivity contribution in [2.75, 3.05) is 6.54 Å². The first-order valence-electron chi connectivity index (χ1n) is 4.18. The van der Waals surface area contributed by atoms with Gasteiger partial charge < -0.3 is 0 Å². The Hall–Kier alpha value is -0.890. The van der Waals surface area contributed by atoms with Crippen molar-refractivity contribution in [2.45, 2.75) is 19.3 Å². The van der Waals surface area contributed by atoms with Gasteiger partial charge in [-0.2, -0.15) is 0 Å². The Morgan fingerprint density at radius 1 is 1.08 bits per heavy atom. The molecule has 0 spiro atoms. The Morgan fingerprint density at radius 2 is 1.75 bits per heavy atom. The van der Waals surface area contributed by atoms with Gasteiger partial charge in [-0.25, -0.2) is 4.39 Å². The first-order valence-corrected chi connectivity index (χ1v) is 4.18. The molecule has 0 unspecified atom stereocenters. The Morgan fingerprint density at radius 3 is 2.33 bits per heavy atom. The molecule has 0 aliphatic rings. The molecule has 0 amide bonds. The summed E-state index contributed by atoms with van der Waals surface area (Å²) in [4.78, 5) is 0. The average molecular weight is 165 g/mol. The van der Waals surface area contributed by atoms with Crippen molar-refractivity contribution in [2.24, 2.45) is 0 Å². The number of halogens is 1. The van der Waals surface area contributed by atoms with Crippen LogP contribution in [0.4, 0.5) is 4.39 Å². The molecular formula is C10H12FN. The zero-order valence-electron chi connectivity index (χ0n) is 6.96. The zero-order valence-corrected chi connectivity index (χ0v) is 6.96. The summed E-state index contributed by atoms with van der Waals surface area (Å²) in [5.41, 5.74) is 9.66. The van der Waals surface area contributed by atoms with E-state index in [-0.39, 0.29) is 12.4 Å². The van der Waals surface area contributed by atoms with Crippen LogP contribution in [0.25, 0.3) is 0 Å². The van der Waals surface area contributed by atoms with Crippen LogP contribution in [0.3, 0.4) is 0 Å². The second-order valence-electron chi connectivity index (χ2n) is 2.81. The number of hydrogen-bond acceptors (Lipinski definition) is 0. The lowest BCUT2D eigenvalue weighted by molar-refractivity contribution is 0.626. The molecule has 1 aromatic rings. The highest BCUT2D eigenvalue weighted by molar-refractivity contribution is 5.15. The van der Waals surface area contributed by atoms with Gasteiger partial charge >= 0.3 is 0 Å². The fourth-order valence-corrected chi connectivity index (χ4v) is 1.09. The van der Waals surface area contributed by atoms with Gasteiger partial charge in [-0.1, -0.05) is 12.1 Å². The Labute approximate surface area is 72.4 Å². The number of rotatable bonds is 4. The molecule has 64 valence electrons. The normalized spacial score (nSPS) is 10.2. The van der Waals surface area contributed by atoms with E-state index in [1.165, 1.54) is 12.1 Å². The quantitative estimate of drug-likeness (QED) is 0.610. The molecule has 1 nitrogen and oxygen atoms in total. The highest BCUT2D eigenvalue weighted by Gasteiger charge is 1.93. The molecule has 0 aliphatic carbocycles. The molecule has 0 saturated carbocycles. The molecule has 2 heteroatoms. The van der Waals surface area contributed by atoms with E-state index in [1.54, 1.807) is 12.1 Å². The molecule has 0 fully saturated rings. The largest absolute Gasteiger partial charge is 0.207 e. The Balaban J connectivity index is 2.37. The van der Waals surface area contributed by atoms with E-state index in [4.69, 9.17) is 5.73 Å². The Kier molecular flexibility index (Phi) is 3.74. The van der Waals surface area contributed by atoms with E-state index < -0.39 is 0 Å². The number of benzene rings is 1. The van der Waals surface area contributed by atoms with Crippen molar-refractivity contribution in [1.29, 1.82) is 0 Å². The van der Waals surface area contributed by atoms with Crippen LogP contribution in [0, 0.1) is 5.82 Å². The van der Waals surface area contributed by atoms with Crippen LogP contribution in [0.15, 0.2) is 24.3 Å². The van der Waals surface area contributed by atoms with Crippen LogP contribution in [0.1, 0.15) is 18.4 Å². The summed E-state index contributed by atoms with van der Waals surface area (Å²) in [7, 11) is 0. The van der Waals surface area contributed by atoms with E-state index in [2.05, 4.69) is 0 Å². The lowest BCUT2D eigenvalue weighted by Crippen LogP contribution is -1.89. The summed E-state index contributed by atoms with van der Waals surface area (Å²) in [5, 5.41) is 0. The average Bonchev–Trinajstić information content (AvgIpc) is 2.09. The van der Waals surface area contributed by atoms with Crippen molar-refractivity contribution < 1.29 is 4.39 Å². The third-order valence-electron chi connectivity index (χ3n) is 1.79. The maximum absolute atomic E-state index is 12.4. The molecule has 0 saturated heterocycles. The second-order valence-corrected chi connectivity index (χ2v) is 2.81. The molecule has 0 aliphatic heterocycles. The summed E-state index contributed by atoms with van der Waals surface area (Å²) >= 11 is 0. The molecule has 12 heavy (non-hydrogen) atoms. The minimum absolute atomic E-state index is 0.194. The maximum Gasteiger partial charge on any atom is 0.123 e. The zero-order chi connectivity index (χ0) is 8.81. The highest BCUT2D eigenvalue weighted by Crippen LogP contribution is 2.06. The third-order valence-corrected chi connectivity index (χ3v) is 1.79. The van der Waals surface area contributed by atoms with Gasteiger partial charge in [0.25, 0.3) is 0 Å². The molecule has 1 rings (SSSR count). The number of aryl methyl sites for hydroxylation is 1. The topological polar surface area (TPSA) is 22.3 Å². The molecule has 0 heterocycles. The van der Waals surface area contributed by atoms with Gasteiger partial charge in [0.2, 0.25) is 0 Å². The van der Waals surface area contributed by atoms with Crippen LogP contribution in [0.5, 0.6) is 0 Å². The summed E-state index contributed by atoms with van der Waals surface area (Å²) in [6.45, 7) is 0.237. The van der Waals surface area contributed by atoms with Crippen molar-refractivity contribution in [1.82, 2.24) is 5.73 Å². The first-order chi connectivity index (χ1) is 5.83. The predicted octanol–water partition coefficient (Wildman–Crippen LogP) is 2.22. The molecule has 0 bridgehead atoms. The van der Waals surface area contributed by atoms with E-state index >= 15 is 0 Å². The summed E-state index contributed by atoms with van der Waals surface area (Å²) in [6.07, 6.45) is 2.69. The monoisotopic (exact) mass is 165 g/mol. The molecule has 0 N–H and O–H groups in total. The number of hydrogen-bond donors (Lipinski definition) is 0. The van der Waals surface area contributed by atoms with Crippen LogP contribution in [-0.2, 0) is 6.42 Å². The van der Waals surface area contributed by atoms with Crippen molar-refractivity contribution in [3.63, 3.8) is 0 Å². The van der Waals surface area contributed by atoms with E-state index in [0.717, 1.165) is 24.8 Å². The first kappa shape index (κ1) is 9.20. The number of nitrogens with zero attached hydrogens (tertiary/aromatic N) is 1. The SMILES string of the molecule is [N]CCCCc1ccc(F)cc1. The molecule has 2 radical (unpaired) electrons. The van der Waals surface area contributed by atoms with Gasteiger partial charge in [0.1, 0.15) is 5.82 Å². The Bertz CT molecular complexity index is 218. The minimum atomic E-state index is -0.194. The van der Waals surface area contributed by atoms with Gasteiger partial charge in [-0.3, -0.25) is 0 Å². The van der Waals surface area contributed by atoms with Crippen LogP contribution >= 0.6 is 0 Å². The lowest BCUT2D eigenvalue weighted by Gasteiger charge is -1.98. The van der Waals surface area contributed by atoms with Crippen molar-refractivity contribution in [3.05, 3.63) is 35.6 Å². The number of unbranched alkanes of at least 4 members (excludes halogenated alkanes) is 1.